The van der Waals surface area contributed by atoms with E-state index in [1.807, 2.05) is 24.9 Å². The van der Waals surface area contributed by atoms with Gasteiger partial charge in [-0.15, -0.1) is 0 Å². The number of primary sulfonamides is 1. The number of sulfonamides is 1. The predicted molar refractivity (Wildman–Crippen MR) is 73.9 cm³/mol. The van der Waals surface area contributed by atoms with E-state index in [4.69, 9.17) is 16.7 Å². The lowest BCUT2D eigenvalue weighted by Gasteiger charge is -2.24. The van der Waals surface area contributed by atoms with Crippen LogP contribution in [-0.2, 0) is 10.0 Å². The van der Waals surface area contributed by atoms with Crippen molar-refractivity contribution in [3.63, 3.8) is 0 Å². The second-order valence-electron chi connectivity index (χ2n) is 4.23. The summed E-state index contributed by atoms with van der Waals surface area (Å²) in [4.78, 5) is 2.09. The van der Waals surface area contributed by atoms with Gasteiger partial charge in [0.2, 0.25) is 10.0 Å². The molecule has 1 atom stereocenters. The predicted octanol–water partition coefficient (Wildman–Crippen LogP) is 2.08. The molecule has 1 rings (SSSR count). The Hall–Kier alpha value is -0.880. The summed E-state index contributed by atoms with van der Waals surface area (Å²) in [6.07, 6.45) is 0. The van der Waals surface area contributed by atoms with Gasteiger partial charge in [0.1, 0.15) is 0 Å². The molecule has 1 aromatic carbocycles. The number of hydrogen-bond donors (Lipinski definition) is 1. The molecule has 0 saturated heterocycles. The minimum Gasteiger partial charge on any atom is -0.295 e. The highest BCUT2D eigenvalue weighted by Gasteiger charge is 2.15. The summed E-state index contributed by atoms with van der Waals surface area (Å²) < 4.78 is 22.6. The molecule has 4 nitrogen and oxygen atoms in total. The number of nitrogens with zero attached hydrogens (tertiary/aromatic N) is 1. The topological polar surface area (TPSA) is 63.4 Å². The smallest absolute Gasteiger partial charge is 0.238 e. The van der Waals surface area contributed by atoms with E-state index in [-0.39, 0.29) is 10.9 Å². The molecular formula is C12H17ClN2O2S. The highest BCUT2D eigenvalue weighted by atomic mass is 35.5. The van der Waals surface area contributed by atoms with Gasteiger partial charge in [-0.25, -0.2) is 13.6 Å². The first-order chi connectivity index (χ1) is 8.21. The molecule has 0 fully saturated rings. The van der Waals surface area contributed by atoms with Gasteiger partial charge in [0.25, 0.3) is 0 Å². The lowest BCUT2D eigenvalue weighted by Crippen LogP contribution is -2.24. The van der Waals surface area contributed by atoms with Crippen LogP contribution in [-0.4, -0.2) is 26.9 Å². The van der Waals surface area contributed by atoms with Crippen molar-refractivity contribution in [3.05, 3.63) is 41.4 Å². The molecule has 0 aliphatic rings. The molecule has 0 aliphatic carbocycles. The van der Waals surface area contributed by atoms with Gasteiger partial charge in [-0.3, -0.25) is 4.90 Å². The Morgan fingerprint density at radius 3 is 2.67 bits per heavy atom. The maximum Gasteiger partial charge on any atom is 0.238 e. The fraction of sp³-hybridized carbons (Fsp3) is 0.333. The van der Waals surface area contributed by atoms with Gasteiger partial charge >= 0.3 is 0 Å². The quantitative estimate of drug-likeness (QED) is 0.902. The normalized spacial score (nSPS) is 13.6. The van der Waals surface area contributed by atoms with Crippen LogP contribution in [0.5, 0.6) is 0 Å². The lowest BCUT2D eigenvalue weighted by molar-refractivity contribution is 0.287. The van der Waals surface area contributed by atoms with Gasteiger partial charge in [0.15, 0.2) is 0 Å². The molecule has 0 unspecified atom stereocenters. The van der Waals surface area contributed by atoms with Crippen LogP contribution >= 0.6 is 11.6 Å². The number of nitrogens with two attached hydrogens (primary N) is 1. The Morgan fingerprint density at radius 1 is 1.56 bits per heavy atom. The number of benzene rings is 1. The Balaban J connectivity index is 3.00. The van der Waals surface area contributed by atoms with Crippen LogP contribution in [0.3, 0.4) is 0 Å². The van der Waals surface area contributed by atoms with Crippen LogP contribution in [0.1, 0.15) is 18.5 Å². The van der Waals surface area contributed by atoms with E-state index < -0.39 is 10.0 Å². The Morgan fingerprint density at radius 2 is 2.17 bits per heavy atom. The fourth-order valence-corrected chi connectivity index (χ4v) is 2.37. The zero-order valence-electron chi connectivity index (χ0n) is 10.4. The second kappa shape index (κ2) is 5.84. The maximum atomic E-state index is 11.3. The molecule has 1 aromatic rings. The van der Waals surface area contributed by atoms with Gasteiger partial charge in [-0.05, 0) is 31.7 Å². The molecule has 0 amide bonds. The zero-order valence-corrected chi connectivity index (χ0v) is 12.0. The van der Waals surface area contributed by atoms with Crippen molar-refractivity contribution in [3.8, 4) is 0 Å². The van der Waals surface area contributed by atoms with Crippen molar-refractivity contribution in [1.82, 2.24) is 4.90 Å². The van der Waals surface area contributed by atoms with Crippen molar-refractivity contribution >= 4 is 21.6 Å². The summed E-state index contributed by atoms with van der Waals surface area (Å²) in [6.45, 7) is 6.13. The minimum atomic E-state index is -3.67. The number of hydrogen-bond acceptors (Lipinski definition) is 3. The van der Waals surface area contributed by atoms with Gasteiger partial charge < -0.3 is 0 Å². The molecular weight excluding hydrogens is 272 g/mol. The first-order valence-corrected chi connectivity index (χ1v) is 7.30. The largest absolute Gasteiger partial charge is 0.295 e. The fourth-order valence-electron chi connectivity index (χ4n) is 1.61. The zero-order chi connectivity index (χ0) is 13.9. The molecule has 0 radical (unpaired) electrons. The van der Waals surface area contributed by atoms with Crippen LogP contribution in [0.15, 0.2) is 40.8 Å². The van der Waals surface area contributed by atoms with Gasteiger partial charge in [-0.1, -0.05) is 30.3 Å². The average molecular weight is 289 g/mol. The molecule has 0 bridgehead atoms. The highest BCUT2D eigenvalue weighted by Crippen LogP contribution is 2.22. The van der Waals surface area contributed by atoms with Crippen molar-refractivity contribution in [2.45, 2.75) is 17.9 Å². The number of halogens is 1. The monoisotopic (exact) mass is 288 g/mol. The third-order valence-electron chi connectivity index (χ3n) is 2.75. The summed E-state index contributed by atoms with van der Waals surface area (Å²) in [7, 11) is -1.78. The standard InChI is InChI=1S/C12H17ClN2O2S/c1-9(13)8-15(3)10(2)11-5-4-6-12(7-11)18(14,16)17/h4-7,10H,1,8H2,2-3H3,(H2,14,16,17)/t10-/m0/s1. The Labute approximate surface area is 113 Å². The van der Waals surface area contributed by atoms with Crippen LogP contribution in [0.4, 0.5) is 0 Å². The molecule has 0 aromatic heterocycles. The first-order valence-electron chi connectivity index (χ1n) is 5.38. The van der Waals surface area contributed by atoms with E-state index in [0.717, 1.165) is 5.56 Å². The molecule has 0 saturated carbocycles. The molecule has 0 heterocycles. The van der Waals surface area contributed by atoms with E-state index in [9.17, 15) is 8.42 Å². The highest BCUT2D eigenvalue weighted by molar-refractivity contribution is 7.89. The summed E-state index contributed by atoms with van der Waals surface area (Å²) in [5, 5.41) is 5.64. The van der Waals surface area contributed by atoms with E-state index in [2.05, 4.69) is 6.58 Å². The van der Waals surface area contributed by atoms with Gasteiger partial charge in [0.05, 0.1) is 4.90 Å². The average Bonchev–Trinajstić information content (AvgIpc) is 2.26. The molecule has 100 valence electrons. The first kappa shape index (κ1) is 15.2. The number of rotatable bonds is 5. The maximum absolute atomic E-state index is 11.3. The van der Waals surface area contributed by atoms with Crippen molar-refractivity contribution in [1.29, 1.82) is 0 Å². The summed E-state index contributed by atoms with van der Waals surface area (Å²) >= 11 is 5.76. The summed E-state index contributed by atoms with van der Waals surface area (Å²) in [5.74, 6) is 0. The van der Waals surface area contributed by atoms with Crippen LogP contribution in [0.25, 0.3) is 0 Å². The van der Waals surface area contributed by atoms with Crippen molar-refractivity contribution in [2.75, 3.05) is 13.6 Å². The molecule has 0 aliphatic heterocycles. The van der Waals surface area contributed by atoms with Crippen molar-refractivity contribution < 1.29 is 8.42 Å². The van der Waals surface area contributed by atoms with Gasteiger partial charge in [-0.2, -0.15) is 0 Å². The Bertz CT molecular complexity index is 543. The van der Waals surface area contributed by atoms with E-state index in [1.54, 1.807) is 12.1 Å². The van der Waals surface area contributed by atoms with E-state index in [1.165, 1.54) is 6.07 Å². The SMILES string of the molecule is C=C(Cl)CN(C)[C@@H](C)c1cccc(S(N)(=O)=O)c1. The molecule has 18 heavy (non-hydrogen) atoms. The molecule has 2 N–H and O–H groups in total. The third-order valence-corrected chi connectivity index (χ3v) is 3.78. The number of likely N-dealkylation sites (N-methyl/N-ethyl adjacent to an activating group) is 1. The van der Waals surface area contributed by atoms with Crippen LogP contribution in [0.2, 0.25) is 0 Å². The van der Waals surface area contributed by atoms with E-state index in [0.29, 0.717) is 11.6 Å². The second-order valence-corrected chi connectivity index (χ2v) is 6.32. The molecule has 6 heteroatoms. The van der Waals surface area contributed by atoms with Crippen LogP contribution in [0, 0.1) is 0 Å². The van der Waals surface area contributed by atoms with Crippen molar-refractivity contribution in [2.24, 2.45) is 5.14 Å². The minimum absolute atomic E-state index is 0.0159. The summed E-state index contributed by atoms with van der Waals surface area (Å²) in [5.41, 5.74) is 0.863. The van der Waals surface area contributed by atoms with E-state index >= 15 is 0 Å². The lowest BCUT2D eigenvalue weighted by atomic mass is 10.1. The third kappa shape index (κ3) is 4.10. The van der Waals surface area contributed by atoms with Crippen LogP contribution < -0.4 is 5.14 Å². The Kier molecular flexibility index (Phi) is 4.92. The molecule has 0 spiro atoms. The van der Waals surface area contributed by atoms with Gasteiger partial charge in [0, 0.05) is 17.6 Å². The summed E-state index contributed by atoms with van der Waals surface area (Å²) in [6, 6.07) is 6.60.